The predicted molar refractivity (Wildman–Crippen MR) is 114 cm³/mol. The van der Waals surface area contributed by atoms with Gasteiger partial charge in [0.05, 0.1) is 12.2 Å². The van der Waals surface area contributed by atoms with Crippen molar-refractivity contribution in [3.05, 3.63) is 59.2 Å². The molecule has 33 heavy (non-hydrogen) atoms. The molecule has 0 aliphatic carbocycles. The number of aromatic hydroxyl groups is 1. The maximum atomic E-state index is 13.4. The van der Waals surface area contributed by atoms with E-state index in [9.17, 15) is 27.5 Å². The molecule has 0 saturated carbocycles. The van der Waals surface area contributed by atoms with Crippen LogP contribution in [0.25, 0.3) is 0 Å². The summed E-state index contributed by atoms with van der Waals surface area (Å²) in [5.41, 5.74) is 0.377. The summed E-state index contributed by atoms with van der Waals surface area (Å²) >= 11 is 0. The van der Waals surface area contributed by atoms with Gasteiger partial charge in [-0.15, -0.1) is 0 Å². The first-order chi connectivity index (χ1) is 15.6. The Morgan fingerprint density at radius 2 is 1.88 bits per heavy atom. The number of fused-ring (bicyclic) bond motifs is 1. The molecule has 1 atom stereocenters. The van der Waals surface area contributed by atoms with Crippen molar-refractivity contribution in [1.29, 1.82) is 0 Å². The summed E-state index contributed by atoms with van der Waals surface area (Å²) < 4.78 is 58.5. The molecule has 0 radical (unpaired) electrons. The first-order valence-electron chi connectivity index (χ1n) is 10.9. The summed E-state index contributed by atoms with van der Waals surface area (Å²) in [7, 11) is 0. The zero-order chi connectivity index (χ0) is 23.8. The number of likely N-dealkylation sites (tertiary alicyclic amines) is 1. The van der Waals surface area contributed by atoms with Crippen LogP contribution in [0.1, 0.15) is 23.6 Å². The van der Waals surface area contributed by atoms with Gasteiger partial charge in [0, 0.05) is 32.1 Å². The van der Waals surface area contributed by atoms with Crippen LogP contribution >= 0.6 is 0 Å². The number of nitrogens with zero attached hydrogens (tertiary/aromatic N) is 2. The number of rotatable bonds is 6. The maximum absolute atomic E-state index is 13.4. The van der Waals surface area contributed by atoms with Gasteiger partial charge in [-0.05, 0) is 54.3 Å². The van der Waals surface area contributed by atoms with Gasteiger partial charge in [0.15, 0.2) is 0 Å². The Morgan fingerprint density at radius 3 is 2.52 bits per heavy atom. The van der Waals surface area contributed by atoms with Crippen LogP contribution in [0.4, 0.5) is 17.6 Å². The summed E-state index contributed by atoms with van der Waals surface area (Å²) in [4.78, 5) is 15.3. The first kappa shape index (κ1) is 23.4. The van der Waals surface area contributed by atoms with E-state index in [4.69, 9.17) is 4.74 Å². The van der Waals surface area contributed by atoms with Gasteiger partial charge in [-0.25, -0.2) is 0 Å². The van der Waals surface area contributed by atoms with E-state index in [1.165, 1.54) is 12.1 Å². The quantitative estimate of drug-likeness (QED) is 0.657. The highest BCUT2D eigenvalue weighted by molar-refractivity contribution is 5.84. The second-order valence-corrected chi connectivity index (χ2v) is 8.77. The lowest BCUT2D eigenvalue weighted by atomic mass is 9.77. The lowest BCUT2D eigenvalue weighted by molar-refractivity contribution is -0.191. The molecule has 9 heteroatoms. The number of carbonyl (C=O) groups is 1. The Bertz CT molecular complexity index is 1010. The second-order valence-electron chi connectivity index (χ2n) is 8.77. The Balaban J connectivity index is 1.56. The average molecular weight is 466 g/mol. The van der Waals surface area contributed by atoms with Crippen molar-refractivity contribution in [2.24, 2.45) is 5.92 Å². The standard InChI is InChI=1S/C24H26F4N2O3/c1-23(18-2-5-20(6-3-18)33-11-10-29-14-16(13-25)15-29)21-7-4-19(31)12-17(21)8-9-30(23)22(32)24(26,27)28/h2-7,12,16,31H,8-11,13-15H2,1H3/t23-/m1/s1. The number of ether oxygens (including phenoxy) is 1. The highest BCUT2D eigenvalue weighted by Gasteiger charge is 2.51. The van der Waals surface area contributed by atoms with Gasteiger partial charge in [-0.2, -0.15) is 13.2 Å². The highest BCUT2D eigenvalue weighted by atomic mass is 19.4. The van der Waals surface area contributed by atoms with Crippen LogP contribution in [-0.4, -0.2) is 66.5 Å². The maximum Gasteiger partial charge on any atom is 0.471 e. The van der Waals surface area contributed by atoms with Crippen LogP contribution in [0.3, 0.4) is 0 Å². The number of hydrogen-bond donors (Lipinski definition) is 1. The highest BCUT2D eigenvalue weighted by Crippen LogP contribution is 2.44. The zero-order valence-corrected chi connectivity index (χ0v) is 18.2. The molecule has 1 fully saturated rings. The fourth-order valence-electron chi connectivity index (χ4n) is 4.76. The molecule has 2 aliphatic heterocycles. The molecule has 5 nitrogen and oxygen atoms in total. The number of hydrogen-bond acceptors (Lipinski definition) is 4. The number of amides is 1. The molecular formula is C24H26F4N2O3. The van der Waals surface area contributed by atoms with E-state index >= 15 is 0 Å². The number of benzene rings is 2. The van der Waals surface area contributed by atoms with Gasteiger partial charge in [-0.1, -0.05) is 18.2 Å². The van der Waals surface area contributed by atoms with Gasteiger partial charge in [-0.3, -0.25) is 14.1 Å². The summed E-state index contributed by atoms with van der Waals surface area (Å²) in [6.07, 6.45) is -4.79. The molecule has 0 spiro atoms. The van der Waals surface area contributed by atoms with E-state index in [1.54, 1.807) is 37.3 Å². The summed E-state index contributed by atoms with van der Waals surface area (Å²) in [5, 5.41) is 9.84. The van der Waals surface area contributed by atoms with Gasteiger partial charge in [0.1, 0.15) is 18.1 Å². The molecule has 1 N–H and O–H groups in total. The van der Waals surface area contributed by atoms with Gasteiger partial charge in [0.25, 0.3) is 0 Å². The van der Waals surface area contributed by atoms with Crippen LogP contribution in [0.2, 0.25) is 0 Å². The molecule has 2 heterocycles. The minimum Gasteiger partial charge on any atom is -0.508 e. The van der Waals surface area contributed by atoms with Crippen molar-refractivity contribution in [3.63, 3.8) is 0 Å². The fraction of sp³-hybridized carbons (Fsp3) is 0.458. The number of phenolic OH excluding ortho intramolecular Hbond substituents is 1. The lowest BCUT2D eigenvalue weighted by Crippen LogP contribution is -2.56. The Kier molecular flexibility index (Phi) is 6.26. The van der Waals surface area contributed by atoms with Gasteiger partial charge in [0.2, 0.25) is 0 Å². The van der Waals surface area contributed by atoms with E-state index in [2.05, 4.69) is 4.90 Å². The topological polar surface area (TPSA) is 53.0 Å². The van der Waals surface area contributed by atoms with Crippen LogP contribution in [0.15, 0.2) is 42.5 Å². The van der Waals surface area contributed by atoms with Crippen molar-refractivity contribution >= 4 is 5.91 Å². The Labute approximate surface area is 189 Å². The number of phenols is 1. The number of alkyl halides is 4. The largest absolute Gasteiger partial charge is 0.508 e. The smallest absolute Gasteiger partial charge is 0.471 e. The normalized spacial score (nSPS) is 21.4. The molecule has 0 unspecified atom stereocenters. The summed E-state index contributed by atoms with van der Waals surface area (Å²) in [6.45, 7) is 3.67. The summed E-state index contributed by atoms with van der Waals surface area (Å²) in [6, 6.07) is 11.2. The minimum atomic E-state index is -5.00. The molecule has 2 aromatic carbocycles. The van der Waals surface area contributed by atoms with Crippen LogP contribution in [-0.2, 0) is 16.8 Å². The third-order valence-corrected chi connectivity index (χ3v) is 6.59. The molecule has 2 aliphatic rings. The molecular weight excluding hydrogens is 440 g/mol. The molecule has 0 bridgehead atoms. The molecule has 1 saturated heterocycles. The molecule has 2 aromatic rings. The van der Waals surface area contributed by atoms with Crippen molar-refractivity contribution in [2.45, 2.75) is 25.1 Å². The third-order valence-electron chi connectivity index (χ3n) is 6.59. The first-order valence-corrected chi connectivity index (χ1v) is 10.9. The van der Waals surface area contributed by atoms with Crippen molar-refractivity contribution in [3.8, 4) is 11.5 Å². The Morgan fingerprint density at radius 1 is 1.18 bits per heavy atom. The zero-order valence-electron chi connectivity index (χ0n) is 18.2. The van der Waals surface area contributed by atoms with Crippen LogP contribution in [0, 0.1) is 5.92 Å². The molecule has 1 amide bonds. The van der Waals surface area contributed by atoms with Crippen LogP contribution < -0.4 is 4.74 Å². The average Bonchev–Trinajstić information content (AvgIpc) is 2.74. The summed E-state index contributed by atoms with van der Waals surface area (Å²) in [5.74, 6) is -1.21. The van der Waals surface area contributed by atoms with Crippen molar-refractivity contribution in [2.75, 3.05) is 39.5 Å². The van der Waals surface area contributed by atoms with Gasteiger partial charge >= 0.3 is 12.1 Å². The molecule has 178 valence electrons. The fourth-order valence-corrected chi connectivity index (χ4v) is 4.76. The number of halogens is 4. The predicted octanol–water partition coefficient (Wildman–Crippen LogP) is 3.88. The number of carbonyl (C=O) groups excluding carboxylic acids is 1. The van der Waals surface area contributed by atoms with E-state index < -0.39 is 17.6 Å². The second kappa shape index (κ2) is 8.85. The molecule has 4 rings (SSSR count). The van der Waals surface area contributed by atoms with E-state index in [0.717, 1.165) is 18.0 Å². The third kappa shape index (κ3) is 4.51. The van der Waals surface area contributed by atoms with E-state index in [0.29, 0.717) is 35.6 Å². The lowest BCUT2D eigenvalue weighted by Gasteiger charge is -2.46. The van der Waals surface area contributed by atoms with Crippen molar-refractivity contribution < 1.29 is 32.2 Å². The van der Waals surface area contributed by atoms with E-state index in [-0.39, 0.29) is 31.3 Å². The van der Waals surface area contributed by atoms with Gasteiger partial charge < -0.3 is 14.7 Å². The van der Waals surface area contributed by atoms with Crippen molar-refractivity contribution in [1.82, 2.24) is 9.80 Å². The Hall–Kier alpha value is -2.81. The minimum absolute atomic E-state index is 0.0236. The van der Waals surface area contributed by atoms with Crippen LogP contribution in [0.5, 0.6) is 11.5 Å². The molecule has 0 aromatic heterocycles. The van der Waals surface area contributed by atoms with E-state index in [1.807, 2.05) is 0 Å². The monoisotopic (exact) mass is 466 g/mol. The SMILES string of the molecule is C[C@@]1(c2ccc(OCCN3CC(CF)C3)cc2)c2ccc(O)cc2CCN1C(=O)C(F)(F)F.